The molecule has 7 heteroatoms. The SMILES string of the molecule is Cc1ccc(Oc2ccc(NC(=O)CCC(=O)OCC(=O)c3ccccc3)cc2Cl)cc1. The van der Waals surface area contributed by atoms with E-state index in [9.17, 15) is 14.4 Å². The maximum absolute atomic E-state index is 12.1. The molecule has 3 aromatic carbocycles. The molecule has 0 heterocycles. The van der Waals surface area contributed by atoms with Crippen molar-refractivity contribution >= 4 is 34.9 Å². The maximum Gasteiger partial charge on any atom is 0.306 e. The van der Waals surface area contributed by atoms with E-state index in [4.69, 9.17) is 21.1 Å². The lowest BCUT2D eigenvalue weighted by atomic mass is 10.1. The zero-order valence-corrected chi connectivity index (χ0v) is 18.2. The molecule has 0 saturated heterocycles. The van der Waals surface area contributed by atoms with Crippen LogP contribution in [0.1, 0.15) is 28.8 Å². The van der Waals surface area contributed by atoms with Crippen LogP contribution >= 0.6 is 11.6 Å². The van der Waals surface area contributed by atoms with Crippen LogP contribution in [0.15, 0.2) is 72.8 Å². The number of hydrogen-bond donors (Lipinski definition) is 1. The minimum Gasteiger partial charge on any atom is -0.457 e. The van der Waals surface area contributed by atoms with Crippen molar-refractivity contribution in [2.75, 3.05) is 11.9 Å². The average molecular weight is 452 g/mol. The van der Waals surface area contributed by atoms with Gasteiger partial charge in [-0.05, 0) is 37.3 Å². The normalized spacial score (nSPS) is 10.3. The first kappa shape index (κ1) is 23.0. The van der Waals surface area contributed by atoms with Gasteiger partial charge in [-0.25, -0.2) is 0 Å². The summed E-state index contributed by atoms with van der Waals surface area (Å²) in [5.41, 5.74) is 2.06. The van der Waals surface area contributed by atoms with Gasteiger partial charge in [0.05, 0.1) is 11.4 Å². The van der Waals surface area contributed by atoms with Crippen molar-refractivity contribution in [1.82, 2.24) is 0 Å². The summed E-state index contributed by atoms with van der Waals surface area (Å²) in [6, 6.07) is 21.0. The Morgan fingerprint density at radius 3 is 2.31 bits per heavy atom. The van der Waals surface area contributed by atoms with Gasteiger partial charge in [-0.15, -0.1) is 0 Å². The number of ether oxygens (including phenoxy) is 2. The molecule has 1 amide bonds. The smallest absolute Gasteiger partial charge is 0.306 e. The van der Waals surface area contributed by atoms with Crippen LogP contribution in [-0.2, 0) is 14.3 Å². The molecule has 1 N–H and O–H groups in total. The van der Waals surface area contributed by atoms with Crippen molar-refractivity contribution in [1.29, 1.82) is 0 Å². The molecule has 0 aliphatic rings. The predicted molar refractivity (Wildman–Crippen MR) is 122 cm³/mol. The number of amides is 1. The number of halogens is 1. The molecule has 0 fully saturated rings. The molecule has 0 unspecified atom stereocenters. The molecule has 6 nitrogen and oxygen atoms in total. The van der Waals surface area contributed by atoms with Crippen LogP contribution in [0.4, 0.5) is 5.69 Å². The van der Waals surface area contributed by atoms with Crippen molar-refractivity contribution in [3.63, 3.8) is 0 Å². The second-order valence-corrected chi connectivity index (χ2v) is 7.47. The van der Waals surface area contributed by atoms with Crippen molar-refractivity contribution in [2.45, 2.75) is 19.8 Å². The minimum atomic E-state index is -0.621. The van der Waals surface area contributed by atoms with Gasteiger partial charge in [-0.3, -0.25) is 14.4 Å². The van der Waals surface area contributed by atoms with Crippen molar-refractivity contribution in [2.24, 2.45) is 0 Å². The molecule has 0 aliphatic heterocycles. The summed E-state index contributed by atoms with van der Waals surface area (Å²) in [5, 5.41) is 3.01. The number of aryl methyl sites for hydroxylation is 1. The van der Waals surface area contributed by atoms with Crippen LogP contribution in [-0.4, -0.2) is 24.3 Å². The van der Waals surface area contributed by atoms with Gasteiger partial charge in [0.2, 0.25) is 5.91 Å². The third-order valence-corrected chi connectivity index (χ3v) is 4.78. The van der Waals surface area contributed by atoms with E-state index >= 15 is 0 Å². The predicted octanol–water partition coefficient (Wildman–Crippen LogP) is 5.59. The second-order valence-electron chi connectivity index (χ2n) is 7.06. The first-order valence-electron chi connectivity index (χ1n) is 9.98. The van der Waals surface area contributed by atoms with E-state index in [2.05, 4.69) is 5.32 Å². The Hall–Kier alpha value is -3.64. The highest BCUT2D eigenvalue weighted by atomic mass is 35.5. The standard InChI is InChI=1S/C25H22ClNO5/c1-17-7-10-20(11-8-17)32-23-12-9-19(15-21(23)26)27-24(29)13-14-25(30)31-16-22(28)18-5-3-2-4-6-18/h2-12,15H,13-14,16H2,1H3,(H,27,29). The quantitative estimate of drug-likeness (QED) is 0.339. The van der Waals surface area contributed by atoms with Gasteiger partial charge >= 0.3 is 5.97 Å². The molecular weight excluding hydrogens is 430 g/mol. The Morgan fingerprint density at radius 2 is 1.62 bits per heavy atom. The van der Waals surface area contributed by atoms with Crippen LogP contribution in [0.3, 0.4) is 0 Å². The van der Waals surface area contributed by atoms with E-state index in [1.807, 2.05) is 31.2 Å². The van der Waals surface area contributed by atoms with Gasteiger partial charge in [-0.1, -0.05) is 59.6 Å². The second kappa shape index (κ2) is 11.1. The number of carbonyl (C=O) groups excluding carboxylic acids is 3. The highest BCUT2D eigenvalue weighted by Gasteiger charge is 2.13. The molecule has 0 saturated carbocycles. The van der Waals surface area contributed by atoms with Gasteiger partial charge in [0, 0.05) is 17.7 Å². The Labute approximate surface area is 191 Å². The number of hydrogen-bond acceptors (Lipinski definition) is 5. The van der Waals surface area contributed by atoms with Gasteiger partial charge < -0.3 is 14.8 Å². The number of rotatable bonds is 9. The van der Waals surface area contributed by atoms with E-state index in [1.165, 1.54) is 0 Å². The van der Waals surface area contributed by atoms with Crippen LogP contribution < -0.4 is 10.1 Å². The Balaban J connectivity index is 1.44. The fraction of sp³-hybridized carbons (Fsp3) is 0.160. The fourth-order valence-corrected chi connectivity index (χ4v) is 2.98. The minimum absolute atomic E-state index is 0.0857. The summed E-state index contributed by atoms with van der Waals surface area (Å²) in [6.07, 6.45) is -0.228. The first-order valence-corrected chi connectivity index (χ1v) is 10.4. The van der Waals surface area contributed by atoms with Crippen molar-refractivity contribution in [3.8, 4) is 11.5 Å². The van der Waals surface area contributed by atoms with Crippen LogP contribution in [0.5, 0.6) is 11.5 Å². The summed E-state index contributed by atoms with van der Waals surface area (Å²) in [7, 11) is 0. The number of ketones is 1. The number of benzene rings is 3. The van der Waals surface area contributed by atoms with Crippen molar-refractivity contribution in [3.05, 3.63) is 88.9 Å². The zero-order chi connectivity index (χ0) is 22.9. The van der Waals surface area contributed by atoms with Gasteiger partial charge in [0.1, 0.15) is 11.5 Å². The van der Waals surface area contributed by atoms with Gasteiger partial charge in [-0.2, -0.15) is 0 Å². The topological polar surface area (TPSA) is 81.7 Å². The van der Waals surface area contributed by atoms with Gasteiger partial charge in [0.15, 0.2) is 12.4 Å². The Morgan fingerprint density at radius 1 is 0.906 bits per heavy atom. The summed E-state index contributed by atoms with van der Waals surface area (Å²) in [5.74, 6) is -0.186. The summed E-state index contributed by atoms with van der Waals surface area (Å²) < 4.78 is 10.7. The number of nitrogens with one attached hydrogen (secondary N) is 1. The van der Waals surface area contributed by atoms with Crippen LogP contribution in [0.25, 0.3) is 0 Å². The highest BCUT2D eigenvalue weighted by Crippen LogP contribution is 2.31. The number of carbonyl (C=O) groups is 3. The molecular formula is C25H22ClNO5. The van der Waals surface area contributed by atoms with Crippen LogP contribution in [0, 0.1) is 6.92 Å². The lowest BCUT2D eigenvalue weighted by Gasteiger charge is -2.10. The number of esters is 1. The van der Waals surface area contributed by atoms with Crippen molar-refractivity contribution < 1.29 is 23.9 Å². The largest absolute Gasteiger partial charge is 0.457 e. The zero-order valence-electron chi connectivity index (χ0n) is 17.5. The average Bonchev–Trinajstić information content (AvgIpc) is 2.80. The first-order chi connectivity index (χ1) is 15.4. The fourth-order valence-electron chi connectivity index (χ4n) is 2.76. The summed E-state index contributed by atoms with van der Waals surface area (Å²) in [6.45, 7) is 1.63. The molecule has 32 heavy (non-hydrogen) atoms. The lowest BCUT2D eigenvalue weighted by Crippen LogP contribution is -2.17. The Bertz CT molecular complexity index is 1100. The van der Waals surface area contributed by atoms with E-state index in [0.29, 0.717) is 27.8 Å². The van der Waals surface area contributed by atoms with E-state index < -0.39 is 5.97 Å². The third-order valence-electron chi connectivity index (χ3n) is 4.48. The number of anilines is 1. The molecule has 3 aromatic rings. The molecule has 0 bridgehead atoms. The monoisotopic (exact) mass is 451 g/mol. The molecule has 0 atom stereocenters. The third kappa shape index (κ3) is 6.96. The number of Topliss-reactive ketones (excluding diaryl/α,β-unsaturated/α-hetero) is 1. The van der Waals surface area contributed by atoms with E-state index in [0.717, 1.165) is 5.56 Å². The molecule has 164 valence electrons. The summed E-state index contributed by atoms with van der Waals surface area (Å²) in [4.78, 5) is 35.9. The molecule has 0 aromatic heterocycles. The lowest BCUT2D eigenvalue weighted by molar-refractivity contribution is -0.143. The summed E-state index contributed by atoms with van der Waals surface area (Å²) >= 11 is 6.26. The highest BCUT2D eigenvalue weighted by molar-refractivity contribution is 6.32. The Kier molecular flexibility index (Phi) is 8.00. The maximum atomic E-state index is 12.1. The molecule has 0 radical (unpaired) electrons. The molecule has 0 spiro atoms. The van der Waals surface area contributed by atoms with Crippen LogP contribution in [0.2, 0.25) is 5.02 Å². The van der Waals surface area contributed by atoms with Gasteiger partial charge in [0.25, 0.3) is 0 Å². The molecule has 3 rings (SSSR count). The van der Waals surface area contributed by atoms with E-state index in [-0.39, 0.29) is 31.1 Å². The van der Waals surface area contributed by atoms with E-state index in [1.54, 1.807) is 48.5 Å². The molecule has 0 aliphatic carbocycles.